The average Bonchev–Trinajstić information content (AvgIpc) is 1.63. The van der Waals surface area contributed by atoms with Crippen molar-refractivity contribution in [2.45, 2.75) is 19.3 Å². The van der Waals surface area contributed by atoms with Crippen molar-refractivity contribution in [2.75, 3.05) is 0 Å². The topological polar surface area (TPSA) is 39.4 Å². The van der Waals surface area contributed by atoms with E-state index in [4.69, 9.17) is 81.8 Å². The molecule has 606 valence electrons. The average molecular weight is 1730 g/mol. The molecule has 0 radical (unpaired) electrons. The summed E-state index contributed by atoms with van der Waals surface area (Å²) in [6.07, 6.45) is 0. The summed E-state index contributed by atoms with van der Waals surface area (Å²) in [5.41, 5.74) is -13.9. The van der Waals surface area contributed by atoms with Gasteiger partial charge < -0.3 is 13.3 Å². The van der Waals surface area contributed by atoms with Gasteiger partial charge in [-0.15, -0.1) is 0 Å². The van der Waals surface area contributed by atoms with Crippen LogP contribution < -0.4 is 0 Å². The van der Waals surface area contributed by atoms with Crippen molar-refractivity contribution in [2.24, 2.45) is 0 Å². The van der Waals surface area contributed by atoms with Gasteiger partial charge in [0.05, 0.1) is 100 Å². The molecule has 0 unspecified atom stereocenters. The molecule has 0 N–H and O–H groups in total. The molecule has 0 fully saturated rings. The minimum Gasteiger partial charge on any atom is -0.456 e. The van der Waals surface area contributed by atoms with E-state index in [0.717, 1.165) is 0 Å². The minimum atomic E-state index is -1.36. The molecule has 28 rings (SSSR count). The summed E-state index contributed by atoms with van der Waals surface area (Å²) < 4.78 is 672. The van der Waals surface area contributed by atoms with Crippen LogP contribution >= 0.6 is 0 Å². The quantitative estimate of drug-likeness (QED) is 0.149. The maximum atomic E-state index is 9.82. The highest BCUT2D eigenvalue weighted by atomic mass is 16.3. The maximum absolute atomic E-state index is 9.82. The molecule has 0 saturated carbocycles. The second-order valence-corrected chi connectivity index (χ2v) is 29.7. The van der Waals surface area contributed by atoms with E-state index in [0.29, 0.717) is 0 Å². The third-order valence-corrected chi connectivity index (χ3v) is 22.6. The number of hydrogen-bond donors (Lipinski definition) is 0. The third kappa shape index (κ3) is 11.6. The number of fused-ring (bicyclic) bond motifs is 25. The van der Waals surface area contributed by atoms with E-state index in [1.165, 1.54) is 6.07 Å². The first kappa shape index (κ1) is 32.0. The van der Waals surface area contributed by atoms with E-state index in [1.54, 1.807) is 13.8 Å². The number of benzene rings is 24. The molecule has 0 amide bonds. The van der Waals surface area contributed by atoms with Gasteiger partial charge in [-0.3, -0.25) is 0 Å². The Morgan fingerprint density at radius 1 is 0.177 bits per heavy atom. The molecule has 130 heavy (non-hydrogen) atoms. The summed E-state index contributed by atoms with van der Waals surface area (Å²) >= 11 is 0. The van der Waals surface area contributed by atoms with E-state index in [2.05, 4.69) is 0 Å². The molecular weight excluding hydrogens is 1570 g/mol. The zero-order valence-corrected chi connectivity index (χ0v) is 65.8. The van der Waals surface area contributed by atoms with Gasteiger partial charge >= 0.3 is 0 Å². The van der Waals surface area contributed by atoms with E-state index >= 15 is 0 Å². The van der Waals surface area contributed by atoms with Gasteiger partial charge in [-0.2, -0.15) is 0 Å². The fourth-order valence-electron chi connectivity index (χ4n) is 17.1. The monoisotopic (exact) mass is 1730 g/mol. The Balaban J connectivity index is 0.000000144. The molecule has 3 heterocycles. The normalized spacial score (nSPS) is 20.3. The molecule has 0 atom stereocenters. The Morgan fingerprint density at radius 3 is 1.02 bits per heavy atom. The number of hydrogen-bond acceptors (Lipinski definition) is 3. The summed E-state index contributed by atoms with van der Waals surface area (Å²) in [4.78, 5) is 0. The summed E-state index contributed by atoms with van der Waals surface area (Å²) in [5, 5.41) is -14.0. The summed E-state index contributed by atoms with van der Waals surface area (Å²) in [6.45, 7) is 3.21. The molecule has 0 bridgehead atoms. The number of rotatable bonds is 7. The van der Waals surface area contributed by atoms with Crippen LogP contribution in [-0.4, -0.2) is 0 Å². The van der Waals surface area contributed by atoms with Crippen molar-refractivity contribution < 1.29 is 113 Å². The largest absolute Gasteiger partial charge is 0.456 e. The van der Waals surface area contributed by atoms with Crippen LogP contribution in [0.4, 0.5) is 0 Å². The van der Waals surface area contributed by atoms with Gasteiger partial charge in [-0.1, -0.05) is 413 Å². The molecule has 24 aromatic carbocycles. The van der Waals surface area contributed by atoms with Crippen molar-refractivity contribution in [1.82, 2.24) is 0 Å². The Morgan fingerprint density at radius 2 is 0.508 bits per heavy atom. The predicted molar refractivity (Wildman–Crippen MR) is 552 cm³/mol. The van der Waals surface area contributed by atoms with Gasteiger partial charge in [0.15, 0.2) is 0 Å². The first-order valence-electron chi connectivity index (χ1n) is 75.6. The SMILES string of the molecule is [2H]c1c(-c2c3c([2H])c([2H])c([2H])c([2H])c3c(-c3c([2H])c([2H])c([2H])c4c([2H])c([2H])c([2H])c([2H])c34)c3c([2H])c([2H])c([2H])c([2H])c23)c([2H])c2c(oc3c([2H])c([2H])c4c([2H])c([2H])c([2H])c([2H])c4c32)c1[2H].[2H]c1c([2H])c([2H])c(-c2c3c([2H])c([2H])c([2H])c([2H])c3c(-c3c([2H])c([2H])c4oc5c([2H])c([2H])c6c([2H])c([2H])c([2H])c([2H])c6c5c4c3[2H])c3c([2H])c([2H])c([2H])c([2H])c23)c([2H])c1[2H].[2H]c1cc2c(c(-c3c4c([2H])c([2H])c([2H])c([2H])c4c(-c4c([2H])c([2H])c(-c5c([2H])c([2H])c([2H])c6oc7c8c([2H])c([2H])c([2H])c([2H])c8c([2H])c([2H])c7c56)c([2H])c4[2H])c4c([2H])c([2H])c([2H])c([2H])c34)c1[2H])-c1c([2H])c([2H])c([2H])c([2H])c1C2(C)C. The third-order valence-electron chi connectivity index (χ3n) is 22.6. The summed E-state index contributed by atoms with van der Waals surface area (Å²) in [5.74, 6) is 0. The van der Waals surface area contributed by atoms with Gasteiger partial charge in [0, 0.05) is 43.1 Å². The van der Waals surface area contributed by atoms with E-state index in [9.17, 15) is 31.5 Å². The first-order chi connectivity index (χ1) is 94.7. The summed E-state index contributed by atoms with van der Waals surface area (Å²) in [6, 6.07) is -59.9. The van der Waals surface area contributed by atoms with Crippen molar-refractivity contribution in [1.29, 1.82) is 0 Å². The Bertz CT molecular complexity index is 13900. The van der Waals surface area contributed by atoms with Crippen molar-refractivity contribution in [3.8, 4) is 89.0 Å². The lowest BCUT2D eigenvalue weighted by atomic mass is 9.80. The Kier molecular flexibility index (Phi) is 7.31. The van der Waals surface area contributed by atoms with Crippen LogP contribution in [0.2, 0.25) is 0 Å². The standard InChI is InChI=1S/C51H34O.C40H24O.C36H22O/c1-51(2)43-22-10-9-19-40(43)48-41(21-11-23-44(48)51)47-38-17-7-5-15-36(38)46(37-16-6-8-18-39(37)47)33-27-25-32(26-28-33)34-20-12-24-45-49(34)42-30-29-31-13-3-4-14-35(31)50(42)52-45;1-3-13-28-25(10-1)12-9-19-30(28)39-33-17-7-5-15-31(33)38(32-16-6-8-18-34(32)39)27-21-22-36-35(24-27)40-29-14-4-2-11-26(29)20-23-37(40)41-36;1-2-11-24(12-3-1)34-27-14-6-8-16-29(27)35(30-17-9-7-15-28(30)34)25-19-20-32-31(22-25)36-26-13-5-4-10-23(26)18-21-33(36)37-32/h3-30H,1-2H3;1-24H;1-22H/i3D,4D,5D,6D,7D,8D,9D,10D,11D,12D,13D,14D,15D,16D,17D,18D,19D,20D,21D,22D,24D,25D,26D,27D,28D,29D,30D;1D,2D,3D,4D,5D,6D,7D,8D,9D,10D,11D,12D,13D,14D,15D,16D,17D,18D,19D,20D,21D,22D,23D,24D;1D,2D,3D,4D,5D,6D,7D,8D,9D,10D,11D,12D,13D,14D,15D,16D,17D,18D,19D,20D,21D,22D. The molecule has 0 spiro atoms. The van der Waals surface area contributed by atoms with Crippen LogP contribution in [0.5, 0.6) is 0 Å². The molecule has 3 nitrogen and oxygen atoms in total. The Labute approximate surface area is 852 Å². The van der Waals surface area contributed by atoms with E-state index < -0.39 is 682 Å². The Hall–Kier alpha value is -16.7. The minimum absolute atomic E-state index is 0.0317. The molecule has 3 aromatic heterocycles. The first-order valence-corrected chi connectivity index (χ1v) is 39.1. The number of furan rings is 3. The predicted octanol–water partition coefficient (Wildman–Crippen LogP) is 36.3. The molecule has 0 saturated heterocycles. The van der Waals surface area contributed by atoms with Crippen LogP contribution in [0.3, 0.4) is 0 Å². The molecule has 3 heteroatoms. The van der Waals surface area contributed by atoms with Crippen molar-refractivity contribution in [3.05, 3.63) is 458 Å². The van der Waals surface area contributed by atoms with Crippen molar-refractivity contribution in [3.63, 3.8) is 0 Å². The second kappa shape index (κ2) is 29.7. The molecule has 27 aromatic rings. The zero-order valence-electron chi connectivity index (χ0n) is 139. The highest BCUT2D eigenvalue weighted by Gasteiger charge is 2.37. The highest BCUT2D eigenvalue weighted by molar-refractivity contribution is 6.29. The van der Waals surface area contributed by atoms with Crippen LogP contribution in [-0.2, 0) is 5.41 Å². The highest BCUT2D eigenvalue weighted by Crippen LogP contribution is 2.56. The maximum Gasteiger partial charge on any atom is 0.143 e. The lowest BCUT2D eigenvalue weighted by Gasteiger charge is -2.22. The smallest absolute Gasteiger partial charge is 0.143 e. The van der Waals surface area contributed by atoms with Gasteiger partial charge in [0.2, 0.25) is 0 Å². The fourth-order valence-corrected chi connectivity index (χ4v) is 17.1. The van der Waals surface area contributed by atoms with Crippen LogP contribution in [0.15, 0.2) is 460 Å². The lowest BCUT2D eigenvalue weighted by Crippen LogP contribution is -2.14. The van der Waals surface area contributed by atoms with Gasteiger partial charge in [-0.05, 0) is 251 Å². The van der Waals surface area contributed by atoms with Gasteiger partial charge in [0.1, 0.15) is 33.5 Å². The molecule has 1 aliphatic rings. The molecular formula is C127H80O3. The zero-order chi connectivity index (χ0) is 149. The van der Waals surface area contributed by atoms with Crippen LogP contribution in [0.25, 0.3) is 263 Å². The summed E-state index contributed by atoms with van der Waals surface area (Å²) in [7, 11) is 0. The van der Waals surface area contributed by atoms with Crippen LogP contribution in [0, 0.1) is 0 Å². The van der Waals surface area contributed by atoms with Gasteiger partial charge in [-0.25, -0.2) is 0 Å². The van der Waals surface area contributed by atoms with Crippen LogP contribution in [0.1, 0.15) is 125 Å². The lowest BCUT2D eigenvalue weighted by molar-refractivity contribution is 0.660. The van der Waals surface area contributed by atoms with Crippen molar-refractivity contribution >= 4 is 174 Å². The molecule has 0 aliphatic heterocycles. The van der Waals surface area contributed by atoms with E-state index in [1.807, 2.05) is 0 Å². The van der Waals surface area contributed by atoms with E-state index in [-0.39, 0.29) is 38.4 Å². The molecule has 1 aliphatic carbocycles. The fraction of sp³-hybridized carbons (Fsp3) is 0.0236. The van der Waals surface area contributed by atoms with Gasteiger partial charge in [0.25, 0.3) is 0 Å². The second-order valence-electron chi connectivity index (χ2n) is 29.7.